The molecule has 0 bridgehead atoms. The third kappa shape index (κ3) is 4.43. The first kappa shape index (κ1) is 21.3. The standard InChI is InChI=1S/C21H27N3O4S/c1-4-23-12-10-20(25)19(14-23)22-21(26)18-13-17(9-8-15(18)2)29(27,28)24-11-6-5-7-16(24)3/h8-10,12-14,16H,4-7,11H2,1-3H3,(H,22,26)/t16-/m0/s1. The lowest BCUT2D eigenvalue weighted by Gasteiger charge is -2.32. The van der Waals surface area contributed by atoms with Gasteiger partial charge in [0.1, 0.15) is 5.69 Å². The number of piperidine rings is 1. The lowest BCUT2D eigenvalue weighted by Crippen LogP contribution is -2.42. The van der Waals surface area contributed by atoms with Crippen LogP contribution in [0.15, 0.2) is 46.3 Å². The number of aryl methyl sites for hydroxylation is 2. The second-order valence-electron chi connectivity index (χ2n) is 7.44. The summed E-state index contributed by atoms with van der Waals surface area (Å²) < 4.78 is 29.5. The average Bonchev–Trinajstić information content (AvgIpc) is 2.70. The molecule has 1 aromatic carbocycles. The maximum atomic E-state index is 13.1. The summed E-state index contributed by atoms with van der Waals surface area (Å²) in [6.07, 6.45) is 5.90. The number of hydrogen-bond acceptors (Lipinski definition) is 4. The van der Waals surface area contributed by atoms with Crippen molar-refractivity contribution in [2.75, 3.05) is 11.9 Å². The SMILES string of the molecule is CCn1ccc(=O)c(NC(=O)c2cc(S(=O)(=O)N3CCCC[C@@H]3C)ccc2C)c1. The molecule has 0 saturated carbocycles. The predicted octanol–water partition coefficient (Wildman–Crippen LogP) is 2.99. The number of nitrogens with one attached hydrogen (secondary N) is 1. The van der Waals surface area contributed by atoms with E-state index in [4.69, 9.17) is 0 Å². The van der Waals surface area contributed by atoms with E-state index < -0.39 is 15.9 Å². The van der Waals surface area contributed by atoms with Crippen LogP contribution < -0.4 is 10.7 Å². The average molecular weight is 418 g/mol. The number of aromatic nitrogens is 1. The Balaban J connectivity index is 1.93. The van der Waals surface area contributed by atoms with E-state index in [-0.39, 0.29) is 27.6 Å². The van der Waals surface area contributed by atoms with Crippen molar-refractivity contribution in [1.29, 1.82) is 0 Å². The molecule has 1 aromatic heterocycles. The number of nitrogens with zero attached hydrogens (tertiary/aromatic N) is 2. The van der Waals surface area contributed by atoms with Crippen molar-refractivity contribution >= 4 is 21.6 Å². The molecule has 1 aliphatic rings. The lowest BCUT2D eigenvalue weighted by molar-refractivity contribution is 0.102. The third-order valence-electron chi connectivity index (χ3n) is 5.39. The summed E-state index contributed by atoms with van der Waals surface area (Å²) in [6, 6.07) is 5.90. The van der Waals surface area contributed by atoms with E-state index in [2.05, 4.69) is 5.32 Å². The Hall–Kier alpha value is -2.45. The highest BCUT2D eigenvalue weighted by Crippen LogP contribution is 2.26. The van der Waals surface area contributed by atoms with Crippen LogP contribution in [0.25, 0.3) is 0 Å². The molecule has 2 heterocycles. The molecule has 3 rings (SSSR count). The summed E-state index contributed by atoms with van der Waals surface area (Å²) in [6.45, 7) is 6.72. The highest BCUT2D eigenvalue weighted by molar-refractivity contribution is 7.89. The largest absolute Gasteiger partial charge is 0.352 e. The van der Waals surface area contributed by atoms with Crippen LogP contribution in [0.2, 0.25) is 0 Å². The van der Waals surface area contributed by atoms with Crippen molar-refractivity contribution in [2.24, 2.45) is 0 Å². The lowest BCUT2D eigenvalue weighted by atomic mass is 10.1. The fourth-order valence-electron chi connectivity index (χ4n) is 3.58. The zero-order valence-electron chi connectivity index (χ0n) is 17.0. The number of sulfonamides is 1. The topological polar surface area (TPSA) is 88.5 Å². The van der Waals surface area contributed by atoms with Gasteiger partial charge in [-0.3, -0.25) is 9.59 Å². The Morgan fingerprint density at radius 3 is 2.69 bits per heavy atom. The van der Waals surface area contributed by atoms with Crippen LogP contribution in [0.5, 0.6) is 0 Å². The Labute approximate surface area is 171 Å². The second-order valence-corrected chi connectivity index (χ2v) is 9.34. The summed E-state index contributed by atoms with van der Waals surface area (Å²) in [7, 11) is -3.69. The summed E-state index contributed by atoms with van der Waals surface area (Å²) in [5.41, 5.74) is 0.741. The highest BCUT2D eigenvalue weighted by atomic mass is 32.2. The van der Waals surface area contributed by atoms with Crippen LogP contribution >= 0.6 is 0 Å². The number of amides is 1. The van der Waals surface area contributed by atoms with Gasteiger partial charge in [0.05, 0.1) is 4.90 Å². The molecule has 8 heteroatoms. The van der Waals surface area contributed by atoms with Gasteiger partial charge in [-0.1, -0.05) is 12.5 Å². The molecule has 1 saturated heterocycles. The monoisotopic (exact) mass is 417 g/mol. The second kappa shape index (κ2) is 8.51. The number of benzene rings is 1. The molecule has 1 atom stereocenters. The van der Waals surface area contributed by atoms with Crippen molar-refractivity contribution in [3.8, 4) is 0 Å². The number of anilines is 1. The van der Waals surface area contributed by atoms with E-state index in [0.717, 1.165) is 19.3 Å². The van der Waals surface area contributed by atoms with Crippen LogP contribution in [0, 0.1) is 6.92 Å². The van der Waals surface area contributed by atoms with Crippen LogP contribution in [-0.4, -0.2) is 35.8 Å². The van der Waals surface area contributed by atoms with E-state index in [9.17, 15) is 18.0 Å². The third-order valence-corrected chi connectivity index (χ3v) is 7.40. The Morgan fingerprint density at radius 2 is 2.00 bits per heavy atom. The van der Waals surface area contributed by atoms with Crippen molar-refractivity contribution in [3.05, 3.63) is 58.0 Å². The summed E-state index contributed by atoms with van der Waals surface area (Å²) in [4.78, 5) is 25.0. The molecule has 1 amide bonds. The molecule has 0 aliphatic carbocycles. The summed E-state index contributed by atoms with van der Waals surface area (Å²) in [5.74, 6) is -0.503. The molecule has 2 aromatic rings. The number of carbonyl (C=O) groups excluding carboxylic acids is 1. The minimum Gasteiger partial charge on any atom is -0.352 e. The van der Waals surface area contributed by atoms with E-state index in [1.807, 2.05) is 13.8 Å². The van der Waals surface area contributed by atoms with Crippen molar-refractivity contribution in [2.45, 2.75) is 57.5 Å². The Kier molecular flexibility index (Phi) is 6.24. The van der Waals surface area contributed by atoms with Gasteiger partial charge in [0, 0.05) is 43.2 Å². The fraction of sp³-hybridized carbons (Fsp3) is 0.429. The van der Waals surface area contributed by atoms with Crippen LogP contribution in [0.3, 0.4) is 0 Å². The molecular weight excluding hydrogens is 390 g/mol. The maximum absolute atomic E-state index is 13.1. The molecule has 0 spiro atoms. The smallest absolute Gasteiger partial charge is 0.256 e. The number of pyridine rings is 1. The number of carbonyl (C=O) groups is 1. The molecule has 1 fully saturated rings. The van der Waals surface area contributed by atoms with E-state index in [1.54, 1.807) is 30.0 Å². The van der Waals surface area contributed by atoms with Gasteiger partial charge in [-0.25, -0.2) is 8.42 Å². The number of hydrogen-bond donors (Lipinski definition) is 1. The fourth-order valence-corrected chi connectivity index (χ4v) is 5.30. The van der Waals surface area contributed by atoms with Crippen LogP contribution in [0.1, 0.15) is 49.0 Å². The van der Waals surface area contributed by atoms with Gasteiger partial charge in [0.2, 0.25) is 15.5 Å². The van der Waals surface area contributed by atoms with Crippen molar-refractivity contribution in [1.82, 2.24) is 8.87 Å². The van der Waals surface area contributed by atoms with Gasteiger partial charge in [-0.2, -0.15) is 4.31 Å². The molecule has 156 valence electrons. The minimum atomic E-state index is -3.69. The van der Waals surface area contributed by atoms with E-state index >= 15 is 0 Å². The van der Waals surface area contributed by atoms with Crippen LogP contribution in [-0.2, 0) is 16.6 Å². The van der Waals surface area contributed by atoms with Gasteiger partial charge in [-0.05, 0) is 51.3 Å². The van der Waals surface area contributed by atoms with Gasteiger partial charge < -0.3 is 9.88 Å². The van der Waals surface area contributed by atoms with Crippen molar-refractivity contribution < 1.29 is 13.2 Å². The first-order chi connectivity index (χ1) is 13.7. The zero-order valence-corrected chi connectivity index (χ0v) is 17.8. The minimum absolute atomic E-state index is 0.0656. The molecule has 1 N–H and O–H groups in total. The first-order valence-electron chi connectivity index (χ1n) is 9.88. The number of rotatable bonds is 5. The normalized spacial score (nSPS) is 17.8. The maximum Gasteiger partial charge on any atom is 0.256 e. The Morgan fingerprint density at radius 1 is 1.24 bits per heavy atom. The molecule has 0 unspecified atom stereocenters. The van der Waals surface area contributed by atoms with Gasteiger partial charge >= 0.3 is 0 Å². The predicted molar refractivity (Wildman–Crippen MR) is 113 cm³/mol. The molecule has 29 heavy (non-hydrogen) atoms. The van der Waals surface area contributed by atoms with E-state index in [0.29, 0.717) is 18.7 Å². The molecule has 0 radical (unpaired) electrons. The van der Waals surface area contributed by atoms with Gasteiger partial charge in [0.15, 0.2) is 0 Å². The summed E-state index contributed by atoms with van der Waals surface area (Å²) >= 11 is 0. The zero-order chi connectivity index (χ0) is 21.2. The quantitative estimate of drug-likeness (QED) is 0.810. The molecule has 7 nitrogen and oxygen atoms in total. The Bertz CT molecular complexity index is 1080. The van der Waals surface area contributed by atoms with Gasteiger partial charge in [0.25, 0.3) is 5.91 Å². The van der Waals surface area contributed by atoms with Gasteiger partial charge in [-0.15, -0.1) is 0 Å². The van der Waals surface area contributed by atoms with E-state index in [1.165, 1.54) is 22.5 Å². The van der Waals surface area contributed by atoms with Crippen molar-refractivity contribution in [3.63, 3.8) is 0 Å². The molecule has 1 aliphatic heterocycles. The van der Waals surface area contributed by atoms with Crippen LogP contribution in [0.4, 0.5) is 5.69 Å². The highest BCUT2D eigenvalue weighted by Gasteiger charge is 2.31. The first-order valence-corrected chi connectivity index (χ1v) is 11.3. The molecular formula is C21H27N3O4S. The summed E-state index contributed by atoms with van der Waals surface area (Å²) in [5, 5.41) is 2.63.